The van der Waals surface area contributed by atoms with Crippen LogP contribution in [0.15, 0.2) is 60.8 Å². The summed E-state index contributed by atoms with van der Waals surface area (Å²) in [5.74, 6) is 0.0158. The highest BCUT2D eigenvalue weighted by Gasteiger charge is 2.21. The van der Waals surface area contributed by atoms with Gasteiger partial charge in [-0.05, 0) is 36.8 Å². The van der Waals surface area contributed by atoms with Crippen LogP contribution in [-0.4, -0.2) is 27.4 Å². The second-order valence-electron chi connectivity index (χ2n) is 7.73. The van der Waals surface area contributed by atoms with Gasteiger partial charge in [-0.3, -0.25) is 4.79 Å². The maximum absolute atomic E-state index is 14.9. The zero-order valence-corrected chi connectivity index (χ0v) is 17.5. The molecule has 7 heteroatoms. The minimum Gasteiger partial charge on any atom is -0.488 e. The summed E-state index contributed by atoms with van der Waals surface area (Å²) < 4.78 is 20.8. The zero-order valence-electron chi connectivity index (χ0n) is 17.5. The van der Waals surface area contributed by atoms with E-state index in [2.05, 4.69) is 20.3 Å². The molecule has 0 radical (unpaired) electrons. The van der Waals surface area contributed by atoms with Gasteiger partial charge in [-0.2, -0.15) is 0 Å². The maximum Gasteiger partial charge on any atom is 0.253 e. The lowest BCUT2D eigenvalue weighted by molar-refractivity contribution is 0.0946. The molecule has 6 nitrogen and oxygen atoms in total. The van der Waals surface area contributed by atoms with Gasteiger partial charge in [-0.1, -0.05) is 35.9 Å². The molecule has 2 aromatic carbocycles. The second-order valence-corrected chi connectivity index (χ2v) is 7.73. The molecule has 0 saturated carbocycles. The van der Waals surface area contributed by atoms with Gasteiger partial charge in [0, 0.05) is 24.9 Å². The number of hydrogen-bond donors (Lipinski definition) is 2. The number of carbonyl (C=O) groups excluding carboxylic acids is 1. The highest BCUT2D eigenvalue weighted by molar-refractivity contribution is 5.97. The first-order valence-corrected chi connectivity index (χ1v) is 10.4. The average Bonchev–Trinajstić information content (AvgIpc) is 3.25. The summed E-state index contributed by atoms with van der Waals surface area (Å²) in [6, 6.07) is 16.1. The van der Waals surface area contributed by atoms with E-state index in [1.807, 2.05) is 31.2 Å². The number of benzene rings is 2. The molecule has 0 fully saturated rings. The van der Waals surface area contributed by atoms with Gasteiger partial charge in [0.2, 0.25) is 0 Å². The number of nitrogens with one attached hydrogen (secondary N) is 2. The molecular weight excluding hydrogens is 407 g/mol. The SMILES string of the molecule is Cc1ccc(COc2cccc(F)c2-c2nccc(-c3cc4c([nH]3)CCNC4=O)n2)cc1. The van der Waals surface area contributed by atoms with Crippen molar-refractivity contribution in [3.63, 3.8) is 0 Å². The highest BCUT2D eigenvalue weighted by atomic mass is 19.1. The third-order valence-electron chi connectivity index (χ3n) is 5.45. The number of aromatic amines is 1. The smallest absolute Gasteiger partial charge is 0.253 e. The number of aromatic nitrogens is 3. The Hall–Kier alpha value is -4.00. The summed E-state index contributed by atoms with van der Waals surface area (Å²) in [6.07, 6.45) is 2.30. The van der Waals surface area contributed by atoms with Gasteiger partial charge >= 0.3 is 0 Å². The van der Waals surface area contributed by atoms with Crippen LogP contribution in [0.25, 0.3) is 22.8 Å². The van der Waals surface area contributed by atoms with Crippen LogP contribution in [0.5, 0.6) is 5.75 Å². The van der Waals surface area contributed by atoms with Crippen LogP contribution < -0.4 is 10.1 Å². The van der Waals surface area contributed by atoms with Crippen molar-refractivity contribution in [3.8, 4) is 28.5 Å². The van der Waals surface area contributed by atoms with Crippen LogP contribution in [0.2, 0.25) is 0 Å². The Morgan fingerprint density at radius 1 is 1.12 bits per heavy atom. The van der Waals surface area contributed by atoms with Crippen LogP contribution in [0.1, 0.15) is 27.2 Å². The predicted molar refractivity (Wildman–Crippen MR) is 119 cm³/mol. The van der Waals surface area contributed by atoms with Crippen molar-refractivity contribution < 1.29 is 13.9 Å². The summed E-state index contributed by atoms with van der Waals surface area (Å²) >= 11 is 0. The first kappa shape index (κ1) is 19.9. The van der Waals surface area contributed by atoms with Crippen LogP contribution in [-0.2, 0) is 13.0 Å². The van der Waals surface area contributed by atoms with Crippen molar-refractivity contribution in [3.05, 3.63) is 89.0 Å². The molecular formula is C25H21FN4O2. The summed E-state index contributed by atoms with van der Waals surface area (Å²) in [5.41, 5.74) is 5.09. The number of nitrogens with zero attached hydrogens (tertiary/aromatic N) is 2. The first-order valence-electron chi connectivity index (χ1n) is 10.4. The molecule has 0 bridgehead atoms. The fourth-order valence-corrected chi connectivity index (χ4v) is 3.75. The van der Waals surface area contributed by atoms with Gasteiger partial charge in [0.05, 0.1) is 22.5 Å². The van der Waals surface area contributed by atoms with Crippen molar-refractivity contribution in [2.45, 2.75) is 20.0 Å². The van der Waals surface area contributed by atoms with Gasteiger partial charge in [0.15, 0.2) is 5.82 Å². The van der Waals surface area contributed by atoms with Crippen molar-refractivity contribution in [1.82, 2.24) is 20.3 Å². The fourth-order valence-electron chi connectivity index (χ4n) is 3.75. The molecule has 0 aliphatic carbocycles. The van der Waals surface area contributed by atoms with E-state index in [0.29, 0.717) is 35.9 Å². The maximum atomic E-state index is 14.9. The molecule has 0 unspecified atom stereocenters. The first-order chi connectivity index (χ1) is 15.6. The molecule has 1 aliphatic heterocycles. The number of fused-ring (bicyclic) bond motifs is 1. The molecule has 0 atom stereocenters. The Kier molecular flexibility index (Phi) is 5.15. The standard InChI is InChI=1S/C25H21FN4O2/c1-15-5-7-16(8-6-15)14-32-22-4-2-3-18(26)23(22)24-27-11-10-20(30-24)21-13-17-19(29-21)9-12-28-25(17)31/h2-8,10-11,13,29H,9,12,14H2,1H3,(H,28,31). The lowest BCUT2D eigenvalue weighted by atomic mass is 10.1. The third kappa shape index (κ3) is 3.85. The van der Waals surface area contributed by atoms with Gasteiger partial charge in [0.1, 0.15) is 18.2 Å². The van der Waals surface area contributed by atoms with E-state index in [-0.39, 0.29) is 17.3 Å². The molecule has 2 aromatic heterocycles. The van der Waals surface area contributed by atoms with Gasteiger partial charge in [0.25, 0.3) is 5.91 Å². The summed E-state index contributed by atoms with van der Waals surface area (Å²) in [6.45, 7) is 2.92. The van der Waals surface area contributed by atoms with Crippen molar-refractivity contribution in [1.29, 1.82) is 0 Å². The summed E-state index contributed by atoms with van der Waals surface area (Å²) in [5, 5.41) is 2.83. The molecule has 0 spiro atoms. The normalized spacial score (nSPS) is 12.9. The van der Waals surface area contributed by atoms with E-state index in [1.54, 1.807) is 30.5 Å². The van der Waals surface area contributed by atoms with Crippen molar-refractivity contribution >= 4 is 5.91 Å². The largest absolute Gasteiger partial charge is 0.488 e. The molecule has 0 saturated heterocycles. The topological polar surface area (TPSA) is 79.9 Å². The molecule has 2 N–H and O–H groups in total. The van der Waals surface area contributed by atoms with Gasteiger partial charge < -0.3 is 15.0 Å². The number of hydrogen-bond acceptors (Lipinski definition) is 4. The summed E-state index contributed by atoms with van der Waals surface area (Å²) in [4.78, 5) is 24.2. The third-order valence-corrected chi connectivity index (χ3v) is 5.45. The Morgan fingerprint density at radius 2 is 1.97 bits per heavy atom. The number of H-pyrrole nitrogens is 1. The predicted octanol–water partition coefficient (Wildman–Crippen LogP) is 4.45. The highest BCUT2D eigenvalue weighted by Crippen LogP contribution is 2.32. The molecule has 32 heavy (non-hydrogen) atoms. The van der Waals surface area contributed by atoms with E-state index in [0.717, 1.165) is 23.2 Å². The lowest BCUT2D eigenvalue weighted by Crippen LogP contribution is -2.31. The van der Waals surface area contributed by atoms with Gasteiger partial charge in [-0.15, -0.1) is 0 Å². The summed E-state index contributed by atoms with van der Waals surface area (Å²) in [7, 11) is 0. The van der Waals surface area contributed by atoms with E-state index in [9.17, 15) is 9.18 Å². The van der Waals surface area contributed by atoms with E-state index in [4.69, 9.17) is 4.74 Å². The molecule has 160 valence electrons. The van der Waals surface area contributed by atoms with Crippen molar-refractivity contribution in [2.75, 3.05) is 6.54 Å². The Bertz CT molecular complexity index is 1300. The van der Waals surface area contributed by atoms with E-state index >= 15 is 0 Å². The number of rotatable bonds is 5. The average molecular weight is 428 g/mol. The minimum atomic E-state index is -0.464. The number of carbonyl (C=O) groups is 1. The van der Waals surface area contributed by atoms with E-state index in [1.165, 1.54) is 6.07 Å². The fraction of sp³-hybridized carbons (Fsp3) is 0.160. The number of amides is 1. The second kappa shape index (κ2) is 8.26. The lowest BCUT2D eigenvalue weighted by Gasteiger charge is -2.12. The van der Waals surface area contributed by atoms with Crippen LogP contribution in [0, 0.1) is 12.7 Å². The zero-order chi connectivity index (χ0) is 22.1. The molecule has 5 rings (SSSR count). The molecule has 4 aromatic rings. The van der Waals surface area contributed by atoms with Crippen LogP contribution in [0.4, 0.5) is 4.39 Å². The molecule has 3 heterocycles. The quantitative estimate of drug-likeness (QED) is 0.492. The van der Waals surface area contributed by atoms with Crippen LogP contribution >= 0.6 is 0 Å². The number of halogens is 1. The Morgan fingerprint density at radius 3 is 2.78 bits per heavy atom. The number of aryl methyl sites for hydroxylation is 1. The Labute approximate surface area is 184 Å². The van der Waals surface area contributed by atoms with E-state index < -0.39 is 5.82 Å². The van der Waals surface area contributed by atoms with Gasteiger partial charge in [-0.25, -0.2) is 14.4 Å². The number of ether oxygens (including phenoxy) is 1. The van der Waals surface area contributed by atoms with Crippen LogP contribution in [0.3, 0.4) is 0 Å². The Balaban J connectivity index is 1.48. The van der Waals surface area contributed by atoms with Crippen molar-refractivity contribution in [2.24, 2.45) is 0 Å². The monoisotopic (exact) mass is 428 g/mol. The molecule has 1 amide bonds. The minimum absolute atomic E-state index is 0.107. The molecule has 1 aliphatic rings.